The molecular weight excluding hydrogens is 477 g/mol. The van der Waals surface area contributed by atoms with Gasteiger partial charge in [0.25, 0.3) is 0 Å². The van der Waals surface area contributed by atoms with Gasteiger partial charge < -0.3 is 24.3 Å². The number of ether oxygens (including phenoxy) is 1. The number of nitrogens with one attached hydrogen (secondary N) is 1. The zero-order valence-electron chi connectivity index (χ0n) is 20.4. The van der Waals surface area contributed by atoms with E-state index >= 15 is 0 Å². The SMILES string of the molecule is COc1cccc2c1c(F)c(C)n2CCNc1cc(-c2ccc(-c3onc(C)c3C(=O)O)cc2)ncn1. The van der Waals surface area contributed by atoms with Gasteiger partial charge in [0.05, 0.1) is 35.1 Å². The summed E-state index contributed by atoms with van der Waals surface area (Å²) in [6, 6.07) is 14.5. The van der Waals surface area contributed by atoms with Crippen LogP contribution in [0.3, 0.4) is 0 Å². The highest BCUT2D eigenvalue weighted by Gasteiger charge is 2.21. The predicted molar refractivity (Wildman–Crippen MR) is 136 cm³/mol. The number of hydrogen-bond acceptors (Lipinski definition) is 7. The fraction of sp³-hybridized carbons (Fsp3) is 0.185. The minimum absolute atomic E-state index is 0.0466. The Balaban J connectivity index is 1.32. The number of aromatic nitrogens is 4. The Kier molecular flexibility index (Phi) is 6.31. The molecule has 3 aromatic heterocycles. The maximum atomic E-state index is 14.9. The van der Waals surface area contributed by atoms with Gasteiger partial charge in [0.1, 0.15) is 23.5 Å². The molecule has 0 radical (unpaired) electrons. The number of aromatic carboxylic acids is 1. The molecule has 0 fully saturated rings. The molecule has 0 aliphatic carbocycles. The summed E-state index contributed by atoms with van der Waals surface area (Å²) < 4.78 is 27.4. The number of halogens is 1. The van der Waals surface area contributed by atoms with E-state index in [0.29, 0.717) is 52.7 Å². The highest BCUT2D eigenvalue weighted by molar-refractivity contribution is 5.95. The zero-order chi connectivity index (χ0) is 26.1. The van der Waals surface area contributed by atoms with Crippen LogP contribution in [0.5, 0.6) is 5.75 Å². The number of fused-ring (bicyclic) bond motifs is 1. The van der Waals surface area contributed by atoms with Crippen LogP contribution in [-0.4, -0.2) is 44.4 Å². The van der Waals surface area contributed by atoms with E-state index in [1.807, 2.05) is 34.9 Å². The Hall–Kier alpha value is -4.73. The third-order valence-corrected chi connectivity index (χ3v) is 6.29. The lowest BCUT2D eigenvalue weighted by atomic mass is 10.0. The van der Waals surface area contributed by atoms with Crippen LogP contribution in [0.2, 0.25) is 0 Å². The van der Waals surface area contributed by atoms with Gasteiger partial charge in [-0.15, -0.1) is 0 Å². The first-order valence-corrected chi connectivity index (χ1v) is 11.6. The lowest BCUT2D eigenvalue weighted by Crippen LogP contribution is -2.12. The average Bonchev–Trinajstić information content (AvgIpc) is 3.42. The molecule has 188 valence electrons. The first-order valence-electron chi connectivity index (χ1n) is 11.6. The number of nitrogens with zero attached hydrogens (tertiary/aromatic N) is 4. The van der Waals surface area contributed by atoms with Crippen LogP contribution in [0.15, 0.2) is 59.4 Å². The molecule has 0 aliphatic rings. The predicted octanol–water partition coefficient (Wildman–Crippen LogP) is 5.33. The molecule has 0 saturated carbocycles. The third-order valence-electron chi connectivity index (χ3n) is 6.29. The maximum absolute atomic E-state index is 14.9. The van der Waals surface area contributed by atoms with Crippen molar-refractivity contribution in [3.05, 3.63) is 77.6 Å². The van der Waals surface area contributed by atoms with Gasteiger partial charge in [0.15, 0.2) is 11.6 Å². The van der Waals surface area contributed by atoms with Gasteiger partial charge in [-0.1, -0.05) is 35.5 Å². The van der Waals surface area contributed by atoms with Gasteiger partial charge in [-0.2, -0.15) is 0 Å². The number of carboxylic acid groups (broad SMARTS) is 1. The van der Waals surface area contributed by atoms with E-state index in [-0.39, 0.29) is 17.1 Å². The molecule has 0 atom stereocenters. The quantitative estimate of drug-likeness (QED) is 0.293. The number of hydrogen-bond donors (Lipinski definition) is 2. The number of benzene rings is 2. The van der Waals surface area contributed by atoms with E-state index in [1.165, 1.54) is 13.4 Å². The Morgan fingerprint density at radius 3 is 2.62 bits per heavy atom. The standard InChI is InChI=1S/C27H24FN5O4/c1-15-23(27(34)35)26(37-32-15)18-9-7-17(8-10-18)19-13-22(31-14-30-19)29-11-12-33-16(2)25(28)24-20(33)5-4-6-21(24)36-3/h4-10,13-14H,11-12H2,1-3H3,(H,34,35)(H,29,30,31). The van der Waals surface area contributed by atoms with Crippen molar-refractivity contribution in [1.82, 2.24) is 19.7 Å². The first-order chi connectivity index (χ1) is 17.9. The molecule has 37 heavy (non-hydrogen) atoms. The second kappa shape index (κ2) is 9.73. The summed E-state index contributed by atoms with van der Waals surface area (Å²) in [6.45, 7) is 4.38. The van der Waals surface area contributed by atoms with E-state index < -0.39 is 5.97 Å². The average molecular weight is 502 g/mol. The molecule has 9 nitrogen and oxygen atoms in total. The summed E-state index contributed by atoms with van der Waals surface area (Å²) >= 11 is 0. The molecule has 0 bridgehead atoms. The van der Waals surface area contributed by atoms with Gasteiger partial charge in [-0.05, 0) is 26.0 Å². The fourth-order valence-electron chi connectivity index (χ4n) is 4.42. The van der Waals surface area contributed by atoms with Crippen LogP contribution in [0, 0.1) is 19.7 Å². The smallest absolute Gasteiger partial charge is 0.341 e. The van der Waals surface area contributed by atoms with Crippen molar-refractivity contribution in [1.29, 1.82) is 0 Å². The molecule has 0 aliphatic heterocycles. The number of anilines is 1. The van der Waals surface area contributed by atoms with Crippen molar-refractivity contribution in [2.75, 3.05) is 19.0 Å². The van der Waals surface area contributed by atoms with Crippen LogP contribution in [-0.2, 0) is 6.54 Å². The van der Waals surface area contributed by atoms with Gasteiger partial charge >= 0.3 is 5.97 Å². The molecule has 2 aromatic carbocycles. The van der Waals surface area contributed by atoms with Gasteiger partial charge in [0, 0.05) is 30.3 Å². The monoisotopic (exact) mass is 501 g/mol. The molecule has 0 spiro atoms. The highest BCUT2D eigenvalue weighted by Crippen LogP contribution is 2.32. The summed E-state index contributed by atoms with van der Waals surface area (Å²) in [6.07, 6.45) is 1.47. The largest absolute Gasteiger partial charge is 0.496 e. The zero-order valence-corrected chi connectivity index (χ0v) is 20.4. The van der Waals surface area contributed by atoms with Crippen LogP contribution in [0.1, 0.15) is 21.7 Å². The number of carboxylic acids is 1. The van der Waals surface area contributed by atoms with Crippen LogP contribution >= 0.6 is 0 Å². The molecule has 0 unspecified atom stereocenters. The van der Waals surface area contributed by atoms with Crippen molar-refractivity contribution in [3.8, 4) is 28.3 Å². The summed E-state index contributed by atoms with van der Waals surface area (Å²) in [5.41, 5.74) is 3.80. The van der Waals surface area contributed by atoms with E-state index in [1.54, 1.807) is 32.0 Å². The third kappa shape index (κ3) is 4.37. The second-order valence-corrected chi connectivity index (χ2v) is 8.48. The topological polar surface area (TPSA) is 115 Å². The second-order valence-electron chi connectivity index (χ2n) is 8.48. The Bertz CT molecular complexity index is 1610. The molecule has 3 heterocycles. The highest BCUT2D eigenvalue weighted by atomic mass is 19.1. The molecule has 5 rings (SSSR count). The van der Waals surface area contributed by atoms with Crippen molar-refractivity contribution < 1.29 is 23.6 Å². The summed E-state index contributed by atoms with van der Waals surface area (Å²) in [4.78, 5) is 20.2. The van der Waals surface area contributed by atoms with E-state index in [0.717, 1.165) is 11.1 Å². The lowest BCUT2D eigenvalue weighted by Gasteiger charge is -2.11. The molecule has 10 heteroatoms. The normalized spacial score (nSPS) is 11.1. The maximum Gasteiger partial charge on any atom is 0.341 e. The van der Waals surface area contributed by atoms with Crippen molar-refractivity contribution in [2.45, 2.75) is 20.4 Å². The molecule has 2 N–H and O–H groups in total. The van der Waals surface area contributed by atoms with Gasteiger partial charge in [-0.3, -0.25) is 0 Å². The minimum atomic E-state index is -1.09. The number of rotatable bonds is 8. The van der Waals surface area contributed by atoms with Crippen LogP contribution in [0.25, 0.3) is 33.5 Å². The van der Waals surface area contributed by atoms with Crippen molar-refractivity contribution >= 4 is 22.7 Å². The Morgan fingerprint density at radius 1 is 1.14 bits per heavy atom. The van der Waals surface area contributed by atoms with Crippen LogP contribution in [0.4, 0.5) is 10.2 Å². The summed E-state index contributed by atoms with van der Waals surface area (Å²) in [7, 11) is 1.53. The minimum Gasteiger partial charge on any atom is -0.496 e. The summed E-state index contributed by atoms with van der Waals surface area (Å²) in [5, 5.41) is 17.0. The Morgan fingerprint density at radius 2 is 1.89 bits per heavy atom. The van der Waals surface area contributed by atoms with E-state index in [2.05, 4.69) is 20.4 Å². The van der Waals surface area contributed by atoms with Crippen molar-refractivity contribution in [2.24, 2.45) is 0 Å². The van der Waals surface area contributed by atoms with Crippen LogP contribution < -0.4 is 10.1 Å². The fourth-order valence-corrected chi connectivity index (χ4v) is 4.42. The molecule has 0 saturated heterocycles. The number of aryl methyl sites for hydroxylation is 1. The molecule has 5 aromatic rings. The lowest BCUT2D eigenvalue weighted by molar-refractivity contribution is 0.0696. The molecular formula is C27H24FN5O4. The number of carbonyl (C=O) groups is 1. The number of methoxy groups -OCH3 is 1. The van der Waals surface area contributed by atoms with E-state index in [4.69, 9.17) is 9.26 Å². The Labute approximate surface area is 211 Å². The first kappa shape index (κ1) is 24.0. The van der Waals surface area contributed by atoms with E-state index in [9.17, 15) is 14.3 Å². The van der Waals surface area contributed by atoms with Gasteiger partial charge in [-0.25, -0.2) is 19.2 Å². The van der Waals surface area contributed by atoms with Crippen molar-refractivity contribution in [3.63, 3.8) is 0 Å². The molecule has 0 amide bonds. The summed E-state index contributed by atoms with van der Waals surface area (Å²) in [5.74, 6) is -0.0249. The van der Waals surface area contributed by atoms with Gasteiger partial charge in [0.2, 0.25) is 0 Å².